The summed E-state index contributed by atoms with van der Waals surface area (Å²) in [6.07, 6.45) is 0.798. The molecular weight excluding hydrogens is 364 g/mol. The first kappa shape index (κ1) is 17.9. The molecule has 27 heavy (non-hydrogen) atoms. The molecule has 0 aliphatic carbocycles. The van der Waals surface area contributed by atoms with Gasteiger partial charge in [0.2, 0.25) is 5.91 Å². The average molecular weight is 386 g/mol. The van der Waals surface area contributed by atoms with Crippen LogP contribution in [0.2, 0.25) is 0 Å². The predicted molar refractivity (Wildman–Crippen MR) is 102 cm³/mol. The number of amides is 2. The maximum Gasteiger partial charge on any atom is 0.263 e. The minimum absolute atomic E-state index is 0.0230. The van der Waals surface area contributed by atoms with Crippen molar-refractivity contribution in [2.45, 2.75) is 13.0 Å². The van der Waals surface area contributed by atoms with Crippen LogP contribution in [0.25, 0.3) is 0 Å². The minimum atomic E-state index is -0.101. The number of rotatable bonds is 4. The minimum Gasteiger partial charge on any atom is -0.493 e. The summed E-state index contributed by atoms with van der Waals surface area (Å²) in [6, 6.07) is 7.65. The predicted octanol–water partition coefficient (Wildman–Crippen LogP) is 2.42. The van der Waals surface area contributed by atoms with Crippen LogP contribution in [0, 0.1) is 5.92 Å². The lowest BCUT2D eigenvalue weighted by molar-refractivity contribution is -0.140. The molecule has 1 aromatic heterocycles. The number of benzene rings is 1. The van der Waals surface area contributed by atoms with Crippen LogP contribution in [-0.4, -0.2) is 55.5 Å². The van der Waals surface area contributed by atoms with Crippen LogP contribution in [0.1, 0.15) is 20.8 Å². The normalized spacial score (nSPS) is 16.5. The third kappa shape index (κ3) is 3.27. The van der Waals surface area contributed by atoms with Crippen LogP contribution >= 0.6 is 11.3 Å². The van der Waals surface area contributed by atoms with Gasteiger partial charge in [0.05, 0.1) is 25.0 Å². The molecule has 1 saturated heterocycles. The Bertz CT molecular complexity index is 859. The summed E-state index contributed by atoms with van der Waals surface area (Å²) in [6.45, 7) is 2.27. The Morgan fingerprint density at radius 3 is 2.41 bits per heavy atom. The molecule has 0 unspecified atom stereocenters. The number of nitrogens with zero attached hydrogens (tertiary/aromatic N) is 2. The molecule has 0 bridgehead atoms. The van der Waals surface area contributed by atoms with Crippen molar-refractivity contribution in [1.29, 1.82) is 0 Å². The molecule has 2 amide bonds. The Hall–Kier alpha value is -2.54. The molecule has 2 aliphatic rings. The number of ether oxygens (including phenoxy) is 2. The summed E-state index contributed by atoms with van der Waals surface area (Å²) in [5.41, 5.74) is 2.29. The molecule has 142 valence electrons. The topological polar surface area (TPSA) is 59.1 Å². The highest BCUT2D eigenvalue weighted by atomic mass is 32.1. The largest absolute Gasteiger partial charge is 0.493 e. The van der Waals surface area contributed by atoms with E-state index < -0.39 is 0 Å². The molecule has 0 atom stereocenters. The molecule has 2 aliphatic heterocycles. The zero-order chi connectivity index (χ0) is 19.0. The van der Waals surface area contributed by atoms with Crippen LogP contribution < -0.4 is 9.47 Å². The average Bonchev–Trinajstić information content (AvgIpc) is 3.19. The van der Waals surface area contributed by atoms with Gasteiger partial charge in [0.15, 0.2) is 11.5 Å². The van der Waals surface area contributed by atoms with Gasteiger partial charge in [-0.3, -0.25) is 9.59 Å². The van der Waals surface area contributed by atoms with E-state index in [2.05, 4.69) is 0 Å². The van der Waals surface area contributed by atoms with Crippen molar-refractivity contribution < 1.29 is 19.1 Å². The fourth-order valence-corrected chi connectivity index (χ4v) is 4.38. The van der Waals surface area contributed by atoms with E-state index in [1.807, 2.05) is 34.5 Å². The lowest BCUT2D eigenvalue weighted by Gasteiger charge is -2.41. The summed E-state index contributed by atoms with van der Waals surface area (Å²) in [5.74, 6) is 1.45. The molecule has 3 heterocycles. The van der Waals surface area contributed by atoms with Crippen molar-refractivity contribution in [3.8, 4) is 11.5 Å². The van der Waals surface area contributed by atoms with Crippen molar-refractivity contribution in [2.24, 2.45) is 5.92 Å². The first-order valence-corrected chi connectivity index (χ1v) is 9.84. The maximum atomic E-state index is 12.9. The van der Waals surface area contributed by atoms with E-state index in [4.69, 9.17) is 9.47 Å². The van der Waals surface area contributed by atoms with E-state index in [-0.39, 0.29) is 17.7 Å². The lowest BCUT2D eigenvalue weighted by Crippen LogP contribution is -2.56. The van der Waals surface area contributed by atoms with Crippen LogP contribution in [0.5, 0.6) is 11.5 Å². The van der Waals surface area contributed by atoms with E-state index in [1.165, 1.54) is 16.9 Å². The van der Waals surface area contributed by atoms with Crippen molar-refractivity contribution >= 4 is 23.2 Å². The number of hydrogen-bond donors (Lipinski definition) is 0. The fourth-order valence-electron chi connectivity index (χ4n) is 3.69. The molecular formula is C20H22N2O4S. The smallest absolute Gasteiger partial charge is 0.263 e. The lowest BCUT2D eigenvalue weighted by atomic mass is 9.94. The van der Waals surface area contributed by atoms with Crippen molar-refractivity contribution in [1.82, 2.24) is 9.80 Å². The molecule has 0 saturated carbocycles. The number of likely N-dealkylation sites (tertiary alicyclic amines) is 1. The highest BCUT2D eigenvalue weighted by molar-refractivity contribution is 7.12. The Kier molecular flexibility index (Phi) is 4.78. The highest BCUT2D eigenvalue weighted by Crippen LogP contribution is 2.34. The van der Waals surface area contributed by atoms with Gasteiger partial charge in [-0.15, -0.1) is 11.3 Å². The van der Waals surface area contributed by atoms with Crippen LogP contribution in [0.15, 0.2) is 29.6 Å². The summed E-state index contributed by atoms with van der Waals surface area (Å²) >= 11 is 1.44. The number of hydrogen-bond acceptors (Lipinski definition) is 5. The number of thiophene rings is 1. The number of carbonyl (C=O) groups excluding carboxylic acids is 2. The van der Waals surface area contributed by atoms with Crippen molar-refractivity contribution in [3.63, 3.8) is 0 Å². The van der Waals surface area contributed by atoms with Crippen molar-refractivity contribution in [3.05, 3.63) is 45.6 Å². The quantitative estimate of drug-likeness (QED) is 0.810. The fraction of sp³-hybridized carbons (Fsp3) is 0.400. The summed E-state index contributed by atoms with van der Waals surface area (Å²) in [7, 11) is 3.24. The Morgan fingerprint density at radius 2 is 1.78 bits per heavy atom. The van der Waals surface area contributed by atoms with Gasteiger partial charge in [-0.25, -0.2) is 0 Å². The molecule has 2 aromatic rings. The monoisotopic (exact) mass is 386 g/mol. The third-order valence-corrected chi connectivity index (χ3v) is 6.14. The molecule has 1 aromatic carbocycles. The van der Waals surface area contributed by atoms with E-state index >= 15 is 0 Å². The van der Waals surface area contributed by atoms with Gasteiger partial charge >= 0.3 is 0 Å². The van der Waals surface area contributed by atoms with Gasteiger partial charge in [0, 0.05) is 26.2 Å². The molecule has 1 fully saturated rings. The standard InChI is InChI=1S/C20H22N2O4S/c1-25-16-8-13-5-6-21(10-14(13)9-17(16)26-2)19(23)15-11-22(12-15)20(24)18-4-3-7-27-18/h3-4,7-9,15H,5-6,10-12H2,1-2H3. The Labute approximate surface area is 162 Å². The highest BCUT2D eigenvalue weighted by Gasteiger charge is 2.39. The summed E-state index contributed by atoms with van der Waals surface area (Å²) in [5, 5.41) is 1.89. The van der Waals surface area contributed by atoms with Crippen LogP contribution in [-0.2, 0) is 17.8 Å². The number of fused-ring (bicyclic) bond motifs is 1. The molecule has 0 N–H and O–H groups in total. The number of carbonyl (C=O) groups is 2. The molecule has 6 nitrogen and oxygen atoms in total. The van der Waals surface area contributed by atoms with Gasteiger partial charge in [-0.1, -0.05) is 6.07 Å². The van der Waals surface area contributed by atoms with Gasteiger partial charge in [-0.2, -0.15) is 0 Å². The summed E-state index contributed by atoms with van der Waals surface area (Å²) in [4.78, 5) is 29.5. The molecule has 0 spiro atoms. The summed E-state index contributed by atoms with van der Waals surface area (Å²) < 4.78 is 10.7. The SMILES string of the molecule is COc1cc2c(cc1OC)CN(C(=O)C1CN(C(=O)c3cccs3)C1)CC2. The zero-order valence-corrected chi connectivity index (χ0v) is 16.3. The van der Waals surface area contributed by atoms with Gasteiger partial charge in [0.25, 0.3) is 5.91 Å². The Morgan fingerprint density at radius 1 is 1.07 bits per heavy atom. The van der Waals surface area contributed by atoms with Gasteiger partial charge in [0.1, 0.15) is 0 Å². The van der Waals surface area contributed by atoms with Crippen LogP contribution in [0.3, 0.4) is 0 Å². The van der Waals surface area contributed by atoms with Gasteiger partial charge in [-0.05, 0) is 41.1 Å². The first-order chi connectivity index (χ1) is 13.1. The van der Waals surface area contributed by atoms with Crippen LogP contribution in [0.4, 0.5) is 0 Å². The maximum absolute atomic E-state index is 12.9. The van der Waals surface area contributed by atoms with Crippen molar-refractivity contribution in [2.75, 3.05) is 33.9 Å². The van der Waals surface area contributed by atoms with E-state index in [9.17, 15) is 9.59 Å². The number of methoxy groups -OCH3 is 2. The second kappa shape index (κ2) is 7.23. The Balaban J connectivity index is 1.40. The van der Waals surface area contributed by atoms with E-state index in [0.29, 0.717) is 31.9 Å². The van der Waals surface area contributed by atoms with E-state index in [0.717, 1.165) is 22.6 Å². The molecule has 4 rings (SSSR count). The second-order valence-corrected chi connectivity index (χ2v) is 7.82. The zero-order valence-electron chi connectivity index (χ0n) is 15.4. The van der Waals surface area contributed by atoms with E-state index in [1.54, 1.807) is 19.1 Å². The molecule has 0 radical (unpaired) electrons. The van der Waals surface area contributed by atoms with Gasteiger partial charge < -0.3 is 19.3 Å². The second-order valence-electron chi connectivity index (χ2n) is 6.87. The third-order valence-electron chi connectivity index (χ3n) is 5.28. The molecule has 7 heteroatoms. The first-order valence-electron chi connectivity index (χ1n) is 8.96.